The van der Waals surface area contributed by atoms with E-state index >= 15 is 0 Å². The lowest BCUT2D eigenvalue weighted by molar-refractivity contribution is -0.101. The van der Waals surface area contributed by atoms with Crippen molar-refractivity contribution in [1.29, 1.82) is 0 Å². The highest BCUT2D eigenvalue weighted by molar-refractivity contribution is 5.70. The number of pyridine rings is 1. The van der Waals surface area contributed by atoms with Crippen LogP contribution in [0.3, 0.4) is 0 Å². The van der Waals surface area contributed by atoms with Gasteiger partial charge in [0.1, 0.15) is 11.4 Å². The molecule has 4 nitrogen and oxygen atoms in total. The van der Waals surface area contributed by atoms with Crippen LogP contribution in [0.15, 0.2) is 18.7 Å². The van der Waals surface area contributed by atoms with Crippen molar-refractivity contribution >= 4 is 11.4 Å². The van der Waals surface area contributed by atoms with Crippen LogP contribution in [0.2, 0.25) is 0 Å². The Bertz CT molecular complexity index is 545. The van der Waals surface area contributed by atoms with Crippen molar-refractivity contribution in [2.45, 2.75) is 24.9 Å². The van der Waals surface area contributed by atoms with Crippen molar-refractivity contribution in [2.24, 2.45) is 0 Å². The average Bonchev–Trinajstić information content (AvgIpc) is 2.47. The summed E-state index contributed by atoms with van der Waals surface area (Å²) in [5.74, 6) is 1.05. The Hall–Kier alpha value is -1.39. The van der Waals surface area contributed by atoms with E-state index in [9.17, 15) is 0 Å². The number of rotatable bonds is 1. The number of ether oxygens (including phenoxy) is 2. The zero-order chi connectivity index (χ0) is 13.6. The van der Waals surface area contributed by atoms with E-state index in [1.807, 2.05) is 0 Å². The molecule has 106 valence electrons. The third kappa shape index (κ3) is 1.79. The van der Waals surface area contributed by atoms with Crippen LogP contribution in [0, 0.1) is 0 Å². The maximum Gasteiger partial charge on any atom is 0.129 e. The van der Waals surface area contributed by atoms with Gasteiger partial charge in [-0.3, -0.25) is 0 Å². The van der Waals surface area contributed by atoms with Gasteiger partial charge in [0.2, 0.25) is 0 Å². The Kier molecular flexibility index (Phi) is 2.82. The van der Waals surface area contributed by atoms with Crippen molar-refractivity contribution < 1.29 is 9.47 Å². The standard InChI is InChI=1S/C16H20N2O2/c1-12-11-20-16(5-2-6-16)15-13(12)3-4-14(17-15)18-7-9-19-10-8-18/h3-4H,1-2,5-11H2. The lowest BCUT2D eigenvalue weighted by Crippen LogP contribution is -2.43. The van der Waals surface area contributed by atoms with E-state index < -0.39 is 0 Å². The van der Waals surface area contributed by atoms with Crippen LogP contribution in [0.4, 0.5) is 5.82 Å². The van der Waals surface area contributed by atoms with Crippen LogP contribution in [-0.2, 0) is 15.1 Å². The predicted octanol–water partition coefficient (Wildman–Crippen LogP) is 2.34. The maximum atomic E-state index is 6.08. The molecule has 1 saturated carbocycles. The fourth-order valence-electron chi connectivity index (χ4n) is 3.30. The highest BCUT2D eigenvalue weighted by Gasteiger charge is 2.45. The summed E-state index contributed by atoms with van der Waals surface area (Å²) in [7, 11) is 0. The van der Waals surface area contributed by atoms with Crippen LogP contribution in [-0.4, -0.2) is 37.9 Å². The molecule has 3 heterocycles. The summed E-state index contributed by atoms with van der Waals surface area (Å²) in [5, 5.41) is 0. The first kappa shape index (κ1) is 12.4. The van der Waals surface area contributed by atoms with Gasteiger partial charge in [-0.15, -0.1) is 0 Å². The summed E-state index contributed by atoms with van der Waals surface area (Å²) in [4.78, 5) is 7.25. The predicted molar refractivity (Wildman–Crippen MR) is 77.8 cm³/mol. The van der Waals surface area contributed by atoms with Crippen LogP contribution >= 0.6 is 0 Å². The van der Waals surface area contributed by atoms with Crippen molar-refractivity contribution in [3.05, 3.63) is 30.0 Å². The Morgan fingerprint density at radius 1 is 1.20 bits per heavy atom. The van der Waals surface area contributed by atoms with Crippen molar-refractivity contribution in [3.63, 3.8) is 0 Å². The SMILES string of the molecule is C=C1COC2(CCC2)c2nc(N3CCOCC3)ccc21. The fraction of sp³-hybridized carbons (Fsp3) is 0.562. The molecule has 4 heteroatoms. The second kappa shape index (κ2) is 4.57. The molecule has 1 saturated heterocycles. The molecule has 0 radical (unpaired) electrons. The number of hydrogen-bond acceptors (Lipinski definition) is 4. The molecule has 1 spiro atoms. The summed E-state index contributed by atoms with van der Waals surface area (Å²) in [6.45, 7) is 8.17. The Morgan fingerprint density at radius 3 is 2.70 bits per heavy atom. The zero-order valence-corrected chi connectivity index (χ0v) is 11.7. The number of aromatic nitrogens is 1. The lowest BCUT2D eigenvalue weighted by Gasteiger charge is -2.45. The summed E-state index contributed by atoms with van der Waals surface area (Å²) in [6, 6.07) is 4.30. The molecule has 0 bridgehead atoms. The molecule has 1 aromatic rings. The number of hydrogen-bond donors (Lipinski definition) is 0. The summed E-state index contributed by atoms with van der Waals surface area (Å²) >= 11 is 0. The second-order valence-electron chi connectivity index (χ2n) is 5.91. The third-order valence-electron chi connectivity index (χ3n) is 4.71. The molecule has 2 fully saturated rings. The summed E-state index contributed by atoms with van der Waals surface area (Å²) in [5.41, 5.74) is 3.24. The number of fused-ring (bicyclic) bond motifs is 2. The van der Waals surface area contributed by atoms with E-state index in [1.54, 1.807) is 0 Å². The van der Waals surface area contributed by atoms with E-state index in [4.69, 9.17) is 14.5 Å². The van der Waals surface area contributed by atoms with Gasteiger partial charge in [0.25, 0.3) is 0 Å². The van der Waals surface area contributed by atoms with Crippen molar-refractivity contribution in [2.75, 3.05) is 37.8 Å². The molecule has 4 rings (SSSR count). The van der Waals surface area contributed by atoms with Crippen LogP contribution in [0.25, 0.3) is 5.57 Å². The van der Waals surface area contributed by atoms with Gasteiger partial charge in [0.15, 0.2) is 0 Å². The van der Waals surface area contributed by atoms with Crippen LogP contribution in [0.5, 0.6) is 0 Å². The number of anilines is 1. The van der Waals surface area contributed by atoms with Crippen molar-refractivity contribution in [1.82, 2.24) is 4.98 Å². The molecule has 20 heavy (non-hydrogen) atoms. The molecule has 0 atom stereocenters. The van der Waals surface area contributed by atoms with Gasteiger partial charge in [0, 0.05) is 18.7 Å². The first-order valence-corrected chi connectivity index (χ1v) is 7.45. The maximum absolute atomic E-state index is 6.08. The van der Waals surface area contributed by atoms with E-state index in [1.165, 1.54) is 12.0 Å². The second-order valence-corrected chi connectivity index (χ2v) is 5.91. The van der Waals surface area contributed by atoms with E-state index in [-0.39, 0.29) is 5.60 Å². The molecule has 3 aliphatic rings. The number of nitrogens with zero attached hydrogens (tertiary/aromatic N) is 2. The van der Waals surface area contributed by atoms with E-state index in [2.05, 4.69) is 23.6 Å². The first-order valence-electron chi connectivity index (χ1n) is 7.45. The van der Waals surface area contributed by atoms with Crippen molar-refractivity contribution in [3.8, 4) is 0 Å². The highest BCUT2D eigenvalue weighted by Crippen LogP contribution is 2.49. The van der Waals surface area contributed by atoms with Gasteiger partial charge in [-0.2, -0.15) is 0 Å². The van der Waals surface area contributed by atoms with Gasteiger partial charge in [0.05, 0.1) is 25.5 Å². The third-order valence-corrected chi connectivity index (χ3v) is 4.71. The molecule has 1 aliphatic carbocycles. The molecule has 0 amide bonds. The normalized spacial score (nSPS) is 24.4. The van der Waals surface area contributed by atoms with E-state index in [0.29, 0.717) is 6.61 Å². The van der Waals surface area contributed by atoms with Crippen LogP contribution < -0.4 is 4.90 Å². The first-order chi connectivity index (χ1) is 9.78. The number of morpholine rings is 1. The summed E-state index contributed by atoms with van der Waals surface area (Å²) < 4.78 is 11.5. The van der Waals surface area contributed by atoms with Gasteiger partial charge in [-0.05, 0) is 37.0 Å². The molecule has 0 aromatic carbocycles. The van der Waals surface area contributed by atoms with E-state index in [0.717, 1.165) is 56.2 Å². The molecule has 2 aliphatic heterocycles. The average molecular weight is 272 g/mol. The molecular formula is C16H20N2O2. The van der Waals surface area contributed by atoms with Gasteiger partial charge >= 0.3 is 0 Å². The highest BCUT2D eigenvalue weighted by atomic mass is 16.5. The topological polar surface area (TPSA) is 34.6 Å². The minimum atomic E-state index is -0.126. The molecule has 0 N–H and O–H groups in total. The van der Waals surface area contributed by atoms with Gasteiger partial charge in [-0.25, -0.2) is 4.98 Å². The quantitative estimate of drug-likeness (QED) is 0.786. The van der Waals surface area contributed by atoms with Crippen LogP contribution in [0.1, 0.15) is 30.5 Å². The Labute approximate surface area is 119 Å². The largest absolute Gasteiger partial charge is 0.378 e. The molecule has 0 unspecified atom stereocenters. The fourth-order valence-corrected chi connectivity index (χ4v) is 3.30. The Morgan fingerprint density at radius 2 is 2.00 bits per heavy atom. The summed E-state index contributed by atoms with van der Waals surface area (Å²) in [6.07, 6.45) is 3.41. The Balaban J connectivity index is 1.74. The molecular weight excluding hydrogens is 252 g/mol. The smallest absolute Gasteiger partial charge is 0.129 e. The lowest BCUT2D eigenvalue weighted by atomic mass is 9.73. The zero-order valence-electron chi connectivity index (χ0n) is 11.7. The van der Waals surface area contributed by atoms with Gasteiger partial charge in [-0.1, -0.05) is 6.58 Å². The molecule has 1 aromatic heterocycles. The minimum absolute atomic E-state index is 0.126. The minimum Gasteiger partial charge on any atom is -0.378 e. The van der Waals surface area contributed by atoms with Gasteiger partial charge < -0.3 is 14.4 Å². The monoisotopic (exact) mass is 272 g/mol.